The lowest BCUT2D eigenvalue weighted by molar-refractivity contribution is -0.136. The van der Waals surface area contributed by atoms with E-state index in [2.05, 4.69) is 36.4 Å². The van der Waals surface area contributed by atoms with Crippen LogP contribution < -0.4 is 0 Å². The molecule has 0 unspecified atom stereocenters. The zero-order chi connectivity index (χ0) is 21.2. The van der Waals surface area contributed by atoms with Gasteiger partial charge in [0.2, 0.25) is 0 Å². The number of ether oxygens (including phenoxy) is 2. The second-order valence-electron chi connectivity index (χ2n) is 6.86. The second-order valence-corrected chi connectivity index (χ2v) is 6.86. The smallest absolute Gasteiger partial charge is 0.333 e. The quantitative estimate of drug-likeness (QED) is 0.212. The highest BCUT2D eigenvalue weighted by Gasteiger charge is 2.37. The molecule has 0 fully saturated rings. The summed E-state index contributed by atoms with van der Waals surface area (Å²) >= 11 is 0. The van der Waals surface area contributed by atoms with E-state index in [9.17, 15) is 4.79 Å². The lowest BCUT2D eigenvalue weighted by Gasteiger charge is -2.35. The third-order valence-electron chi connectivity index (χ3n) is 4.93. The van der Waals surface area contributed by atoms with Gasteiger partial charge in [0, 0.05) is 5.57 Å². The highest BCUT2D eigenvalue weighted by molar-refractivity contribution is 5.87. The van der Waals surface area contributed by atoms with Gasteiger partial charge in [-0.2, -0.15) is 0 Å². The van der Waals surface area contributed by atoms with Crippen LogP contribution in [0.4, 0.5) is 0 Å². The van der Waals surface area contributed by atoms with Crippen LogP contribution in [0.3, 0.4) is 0 Å². The van der Waals surface area contributed by atoms with Crippen LogP contribution >= 0.6 is 0 Å². The number of rotatable bonds is 8. The highest BCUT2D eigenvalue weighted by Crippen LogP contribution is 2.40. The molecule has 0 aromatic heterocycles. The van der Waals surface area contributed by atoms with E-state index < -0.39 is 5.60 Å². The number of hydrogen-bond acceptors (Lipinski definition) is 3. The van der Waals surface area contributed by atoms with Gasteiger partial charge < -0.3 is 9.47 Å². The van der Waals surface area contributed by atoms with Crippen LogP contribution in [-0.4, -0.2) is 19.7 Å². The first kappa shape index (κ1) is 21.3. The summed E-state index contributed by atoms with van der Waals surface area (Å²) < 4.78 is 11.3. The Bertz CT molecular complexity index is 893. The first-order valence-electron chi connectivity index (χ1n) is 9.90. The van der Waals surface area contributed by atoms with Gasteiger partial charge >= 0.3 is 5.97 Å². The number of hydrogen-bond donors (Lipinski definition) is 0. The lowest BCUT2D eigenvalue weighted by Crippen LogP contribution is -2.33. The van der Waals surface area contributed by atoms with Crippen molar-refractivity contribution in [3.8, 4) is 0 Å². The summed E-state index contributed by atoms with van der Waals surface area (Å²) in [6.45, 7) is 2.09. The molecule has 0 heterocycles. The van der Waals surface area contributed by atoms with Crippen molar-refractivity contribution in [2.45, 2.75) is 12.5 Å². The summed E-state index contributed by atoms with van der Waals surface area (Å²) in [5.74, 6) is -0.340. The van der Waals surface area contributed by atoms with Gasteiger partial charge in [-0.3, -0.25) is 0 Å². The number of esters is 1. The van der Waals surface area contributed by atoms with E-state index in [1.807, 2.05) is 66.7 Å². The average Bonchev–Trinajstić information content (AvgIpc) is 2.82. The van der Waals surface area contributed by atoms with Crippen LogP contribution in [0.2, 0.25) is 0 Å². The largest absolute Gasteiger partial charge is 0.466 e. The van der Waals surface area contributed by atoms with Gasteiger partial charge in [-0.1, -0.05) is 109 Å². The predicted molar refractivity (Wildman–Crippen MR) is 120 cm³/mol. The minimum atomic E-state index is -0.755. The van der Waals surface area contributed by atoms with E-state index in [0.29, 0.717) is 12.2 Å². The molecule has 0 aliphatic carbocycles. The zero-order valence-corrected chi connectivity index (χ0v) is 17.3. The molecule has 0 bridgehead atoms. The zero-order valence-electron chi connectivity index (χ0n) is 17.3. The minimum absolute atomic E-state index is 0.340. The highest BCUT2D eigenvalue weighted by atomic mass is 16.5. The van der Waals surface area contributed by atoms with Gasteiger partial charge in [-0.15, -0.1) is 0 Å². The summed E-state index contributed by atoms with van der Waals surface area (Å²) in [5.41, 5.74) is 2.94. The maximum absolute atomic E-state index is 11.5. The Balaban J connectivity index is 2.01. The van der Waals surface area contributed by atoms with E-state index in [-0.39, 0.29) is 5.97 Å². The number of carbonyl (C=O) groups excluding carboxylic acids is 1. The van der Waals surface area contributed by atoms with Gasteiger partial charge in [0.05, 0.1) is 13.7 Å². The van der Waals surface area contributed by atoms with Crippen LogP contribution in [0.15, 0.2) is 115 Å². The normalized spacial score (nSPS) is 12.1. The fourth-order valence-corrected chi connectivity index (χ4v) is 3.44. The Labute approximate surface area is 178 Å². The Kier molecular flexibility index (Phi) is 7.36. The van der Waals surface area contributed by atoms with Crippen LogP contribution in [0.5, 0.6) is 0 Å². The van der Waals surface area contributed by atoms with Crippen LogP contribution in [0.1, 0.15) is 23.6 Å². The lowest BCUT2D eigenvalue weighted by atomic mass is 9.80. The molecule has 30 heavy (non-hydrogen) atoms. The van der Waals surface area contributed by atoms with Gasteiger partial charge in [0.15, 0.2) is 0 Å². The number of methoxy groups -OCH3 is 1. The maximum Gasteiger partial charge on any atom is 0.333 e. The van der Waals surface area contributed by atoms with E-state index in [1.165, 1.54) is 7.11 Å². The number of allylic oxidation sites excluding steroid dienone is 2. The molecular formula is C27H26O3. The van der Waals surface area contributed by atoms with Crippen molar-refractivity contribution in [2.24, 2.45) is 0 Å². The predicted octanol–water partition coefficient (Wildman–Crippen LogP) is 5.67. The van der Waals surface area contributed by atoms with E-state index in [4.69, 9.17) is 9.47 Å². The van der Waals surface area contributed by atoms with Crippen LogP contribution in [0.25, 0.3) is 0 Å². The van der Waals surface area contributed by atoms with Gasteiger partial charge in [-0.25, -0.2) is 4.79 Å². The van der Waals surface area contributed by atoms with Crippen LogP contribution in [-0.2, 0) is 19.9 Å². The summed E-state index contributed by atoms with van der Waals surface area (Å²) in [7, 11) is 1.38. The van der Waals surface area contributed by atoms with Crippen LogP contribution in [0, 0.1) is 0 Å². The molecular weight excluding hydrogens is 372 g/mol. The minimum Gasteiger partial charge on any atom is -0.466 e. The number of benzene rings is 3. The van der Waals surface area contributed by atoms with Crippen molar-refractivity contribution >= 4 is 5.97 Å². The summed E-state index contributed by atoms with van der Waals surface area (Å²) in [6.07, 6.45) is 5.44. The van der Waals surface area contributed by atoms with Gasteiger partial charge in [0.1, 0.15) is 5.60 Å². The first-order chi connectivity index (χ1) is 14.7. The molecule has 3 heteroatoms. The topological polar surface area (TPSA) is 35.5 Å². The van der Waals surface area contributed by atoms with Crippen molar-refractivity contribution in [1.82, 2.24) is 0 Å². The SMILES string of the molecule is COC(=O)/C(C)=C/C=C/COC(c1ccccc1)(c1ccccc1)c1ccccc1. The van der Waals surface area contributed by atoms with Crippen molar-refractivity contribution in [3.63, 3.8) is 0 Å². The molecule has 0 N–H and O–H groups in total. The summed E-state index contributed by atoms with van der Waals surface area (Å²) in [5, 5.41) is 0. The average molecular weight is 399 g/mol. The molecule has 0 saturated heterocycles. The first-order valence-corrected chi connectivity index (χ1v) is 9.90. The summed E-state index contributed by atoms with van der Waals surface area (Å²) in [6, 6.07) is 30.7. The maximum atomic E-state index is 11.5. The molecule has 0 atom stereocenters. The Hall–Kier alpha value is -3.43. The standard InChI is InChI=1S/C27H26O3/c1-22(26(28)29-2)14-12-13-21-30-27(23-15-6-3-7-16-23,24-17-8-4-9-18-24)25-19-10-5-11-20-25/h3-20H,21H2,1-2H3/b13-12+,22-14+. The Morgan fingerprint density at radius 2 is 1.23 bits per heavy atom. The Morgan fingerprint density at radius 3 is 1.63 bits per heavy atom. The second kappa shape index (κ2) is 10.4. The monoisotopic (exact) mass is 398 g/mol. The fraction of sp³-hybridized carbons (Fsp3) is 0.148. The van der Waals surface area contributed by atoms with Gasteiger partial charge in [-0.05, 0) is 23.6 Å². The third kappa shape index (κ3) is 4.76. The summed E-state index contributed by atoms with van der Waals surface area (Å²) in [4.78, 5) is 11.5. The Morgan fingerprint density at radius 1 is 0.800 bits per heavy atom. The molecule has 3 rings (SSSR count). The fourth-order valence-electron chi connectivity index (χ4n) is 3.44. The molecule has 0 saturated carbocycles. The van der Waals surface area contributed by atoms with E-state index in [0.717, 1.165) is 16.7 Å². The molecule has 3 aromatic rings. The van der Waals surface area contributed by atoms with Crippen molar-refractivity contribution in [2.75, 3.05) is 13.7 Å². The molecule has 0 amide bonds. The van der Waals surface area contributed by atoms with Crippen molar-refractivity contribution in [3.05, 3.63) is 131 Å². The van der Waals surface area contributed by atoms with E-state index in [1.54, 1.807) is 13.0 Å². The molecule has 3 aromatic carbocycles. The van der Waals surface area contributed by atoms with E-state index >= 15 is 0 Å². The molecule has 0 radical (unpaired) electrons. The molecule has 0 spiro atoms. The van der Waals surface area contributed by atoms with Crippen molar-refractivity contribution < 1.29 is 14.3 Å². The molecule has 152 valence electrons. The molecule has 3 nitrogen and oxygen atoms in total. The van der Waals surface area contributed by atoms with Crippen molar-refractivity contribution in [1.29, 1.82) is 0 Å². The van der Waals surface area contributed by atoms with Gasteiger partial charge in [0.25, 0.3) is 0 Å². The number of carbonyl (C=O) groups is 1. The molecule has 0 aliphatic heterocycles. The third-order valence-corrected chi connectivity index (χ3v) is 4.93. The molecule has 0 aliphatic rings.